The van der Waals surface area contributed by atoms with Gasteiger partial charge in [-0.3, -0.25) is 14.4 Å². The predicted octanol–water partition coefficient (Wildman–Crippen LogP) is 1.37. The van der Waals surface area contributed by atoms with E-state index in [1.807, 2.05) is 0 Å². The minimum Gasteiger partial charge on any atom is -0.497 e. The van der Waals surface area contributed by atoms with Crippen molar-refractivity contribution in [2.75, 3.05) is 19.0 Å². The van der Waals surface area contributed by atoms with Crippen LogP contribution in [0.2, 0.25) is 0 Å². The Hall–Kier alpha value is -2.57. The van der Waals surface area contributed by atoms with E-state index < -0.39 is 17.8 Å². The first kappa shape index (κ1) is 15.9. The Kier molecular flexibility index (Phi) is 3.86. The average molecular weight is 345 g/mol. The molecule has 2 aliphatic carbocycles. The molecular weight excluding hydrogens is 326 g/mol. The Morgan fingerprint density at radius 3 is 2.72 bits per heavy atom. The Bertz CT molecular complexity index is 713. The zero-order valence-corrected chi connectivity index (χ0v) is 13.8. The number of methoxy groups -OCH3 is 1. The van der Waals surface area contributed by atoms with Crippen LogP contribution in [-0.4, -0.2) is 37.7 Å². The Morgan fingerprint density at radius 1 is 1.24 bits per heavy atom. The molecule has 7 heteroatoms. The van der Waals surface area contributed by atoms with Gasteiger partial charge in [0.15, 0.2) is 6.61 Å². The smallest absolute Gasteiger partial charge is 0.310 e. The van der Waals surface area contributed by atoms with Crippen LogP contribution < -0.4 is 10.1 Å². The van der Waals surface area contributed by atoms with Gasteiger partial charge in [0.05, 0.1) is 18.9 Å². The van der Waals surface area contributed by atoms with Gasteiger partial charge < -0.3 is 19.5 Å². The molecule has 25 heavy (non-hydrogen) atoms. The Labute approximate surface area is 144 Å². The number of carbonyl (C=O) groups excluding carboxylic acids is 3. The van der Waals surface area contributed by atoms with E-state index in [-0.39, 0.29) is 36.4 Å². The zero-order valence-electron chi connectivity index (χ0n) is 13.8. The number of esters is 2. The molecule has 7 nitrogen and oxygen atoms in total. The maximum absolute atomic E-state index is 12.4. The number of rotatable bonds is 5. The molecule has 4 rings (SSSR count). The third kappa shape index (κ3) is 2.73. The fourth-order valence-electron chi connectivity index (χ4n) is 4.43. The van der Waals surface area contributed by atoms with Crippen molar-refractivity contribution in [3.05, 3.63) is 24.3 Å². The van der Waals surface area contributed by atoms with Gasteiger partial charge in [0, 0.05) is 11.6 Å². The van der Waals surface area contributed by atoms with E-state index in [2.05, 4.69) is 5.32 Å². The van der Waals surface area contributed by atoms with Crippen molar-refractivity contribution in [3.8, 4) is 5.75 Å². The highest BCUT2D eigenvalue weighted by Crippen LogP contribution is 2.57. The van der Waals surface area contributed by atoms with Crippen molar-refractivity contribution in [3.63, 3.8) is 0 Å². The summed E-state index contributed by atoms with van der Waals surface area (Å²) in [6.07, 6.45) is 1.54. The summed E-state index contributed by atoms with van der Waals surface area (Å²) in [5, 5.41) is 2.65. The Balaban J connectivity index is 1.31. The summed E-state index contributed by atoms with van der Waals surface area (Å²) in [6.45, 7) is -0.371. The molecule has 0 radical (unpaired) electrons. The zero-order chi connectivity index (χ0) is 17.6. The monoisotopic (exact) mass is 345 g/mol. The highest BCUT2D eigenvalue weighted by atomic mass is 16.6. The summed E-state index contributed by atoms with van der Waals surface area (Å²) in [5.41, 5.74) is 0.587. The molecule has 1 aromatic carbocycles. The minimum atomic E-state index is -0.473. The molecule has 1 aromatic rings. The lowest BCUT2D eigenvalue weighted by molar-refractivity contribution is -0.157. The highest BCUT2D eigenvalue weighted by molar-refractivity contribution is 5.93. The van der Waals surface area contributed by atoms with Crippen LogP contribution in [-0.2, 0) is 23.9 Å². The van der Waals surface area contributed by atoms with Crippen molar-refractivity contribution < 1.29 is 28.6 Å². The molecule has 3 aliphatic rings. The van der Waals surface area contributed by atoms with Crippen molar-refractivity contribution in [1.29, 1.82) is 0 Å². The van der Waals surface area contributed by atoms with E-state index in [1.54, 1.807) is 31.4 Å². The maximum atomic E-state index is 12.4. The van der Waals surface area contributed by atoms with Gasteiger partial charge in [-0.1, -0.05) is 0 Å². The number of nitrogens with one attached hydrogen (secondary N) is 1. The van der Waals surface area contributed by atoms with Gasteiger partial charge in [-0.25, -0.2) is 0 Å². The molecule has 1 N–H and O–H groups in total. The van der Waals surface area contributed by atoms with Gasteiger partial charge in [-0.15, -0.1) is 0 Å². The number of amides is 1. The van der Waals surface area contributed by atoms with Crippen molar-refractivity contribution in [2.45, 2.75) is 18.9 Å². The summed E-state index contributed by atoms with van der Waals surface area (Å²) in [4.78, 5) is 36.3. The van der Waals surface area contributed by atoms with Gasteiger partial charge >= 0.3 is 11.9 Å². The molecule has 3 fully saturated rings. The maximum Gasteiger partial charge on any atom is 0.310 e. The first-order valence-corrected chi connectivity index (χ1v) is 8.38. The second-order valence-electron chi connectivity index (χ2n) is 6.81. The van der Waals surface area contributed by atoms with Gasteiger partial charge in [-0.2, -0.15) is 0 Å². The van der Waals surface area contributed by atoms with Gasteiger partial charge in [0.2, 0.25) is 0 Å². The molecule has 1 saturated heterocycles. The lowest BCUT2D eigenvalue weighted by atomic mass is 9.80. The molecule has 2 saturated carbocycles. The average Bonchev–Trinajstić information content (AvgIpc) is 3.22. The number of ether oxygens (including phenoxy) is 3. The van der Waals surface area contributed by atoms with Crippen molar-refractivity contribution in [2.24, 2.45) is 23.7 Å². The lowest BCUT2D eigenvalue weighted by Crippen LogP contribution is -2.34. The normalized spacial score (nSPS) is 31.6. The van der Waals surface area contributed by atoms with E-state index in [9.17, 15) is 14.4 Å². The number of anilines is 1. The molecular formula is C18H19NO6. The Morgan fingerprint density at radius 2 is 2.00 bits per heavy atom. The number of carbonyl (C=O) groups is 3. The number of hydrogen-bond donors (Lipinski definition) is 1. The molecule has 0 spiro atoms. The van der Waals surface area contributed by atoms with E-state index >= 15 is 0 Å². The number of benzene rings is 1. The predicted molar refractivity (Wildman–Crippen MR) is 85.7 cm³/mol. The SMILES string of the molecule is COc1ccc(NC(=O)COC(=O)[C@@H]2[C@H]3C[C@@H]4[C@@H]2C(=O)O[C@@H]4C3)cc1. The van der Waals surface area contributed by atoms with Gasteiger partial charge in [0.25, 0.3) is 5.91 Å². The molecule has 132 valence electrons. The van der Waals surface area contributed by atoms with Crippen LogP contribution >= 0.6 is 0 Å². The van der Waals surface area contributed by atoms with Gasteiger partial charge in [0.1, 0.15) is 11.9 Å². The van der Waals surface area contributed by atoms with E-state index in [0.29, 0.717) is 11.4 Å². The van der Waals surface area contributed by atoms with E-state index in [0.717, 1.165) is 12.8 Å². The molecule has 1 amide bonds. The summed E-state index contributed by atoms with van der Waals surface area (Å²) in [7, 11) is 1.56. The van der Waals surface area contributed by atoms with Crippen molar-refractivity contribution >= 4 is 23.5 Å². The lowest BCUT2D eigenvalue weighted by Gasteiger charge is -2.22. The molecule has 5 atom stereocenters. The fraction of sp³-hybridized carbons (Fsp3) is 0.500. The minimum absolute atomic E-state index is 0.0232. The molecule has 1 heterocycles. The number of fused-ring (bicyclic) bond motifs is 1. The highest BCUT2D eigenvalue weighted by Gasteiger charge is 2.64. The molecule has 0 unspecified atom stereocenters. The second-order valence-corrected chi connectivity index (χ2v) is 6.81. The second kappa shape index (κ2) is 6.06. The van der Waals surface area contributed by atoms with Crippen LogP contribution in [0.25, 0.3) is 0 Å². The first-order valence-electron chi connectivity index (χ1n) is 8.38. The number of hydrogen-bond acceptors (Lipinski definition) is 6. The van der Waals surface area contributed by atoms with Gasteiger partial charge in [-0.05, 0) is 43.0 Å². The third-order valence-electron chi connectivity index (χ3n) is 5.47. The molecule has 1 aliphatic heterocycles. The largest absolute Gasteiger partial charge is 0.497 e. The molecule has 0 aromatic heterocycles. The summed E-state index contributed by atoms with van der Waals surface area (Å²) < 4.78 is 15.5. The quantitative estimate of drug-likeness (QED) is 0.811. The topological polar surface area (TPSA) is 90.9 Å². The summed E-state index contributed by atoms with van der Waals surface area (Å²) in [5.74, 6) is -1.09. The van der Waals surface area contributed by atoms with Crippen LogP contribution in [0.5, 0.6) is 5.75 Å². The van der Waals surface area contributed by atoms with Crippen LogP contribution in [0, 0.1) is 23.7 Å². The van der Waals surface area contributed by atoms with Crippen molar-refractivity contribution in [1.82, 2.24) is 0 Å². The third-order valence-corrected chi connectivity index (χ3v) is 5.47. The fourth-order valence-corrected chi connectivity index (χ4v) is 4.43. The van der Waals surface area contributed by atoms with Crippen LogP contribution in [0.1, 0.15) is 12.8 Å². The van der Waals surface area contributed by atoms with E-state index in [4.69, 9.17) is 14.2 Å². The van der Waals surface area contributed by atoms with Crippen LogP contribution in [0.3, 0.4) is 0 Å². The van der Waals surface area contributed by atoms with E-state index in [1.165, 1.54) is 0 Å². The first-order chi connectivity index (χ1) is 12.1. The molecule has 2 bridgehead atoms. The summed E-state index contributed by atoms with van der Waals surface area (Å²) in [6, 6.07) is 6.84. The standard InChI is InChI=1S/C18H19NO6/c1-23-11-4-2-10(3-5-11)19-14(20)8-24-17(21)15-9-6-12-13(7-9)25-18(22)16(12)15/h2-5,9,12-13,15-16H,6-8H2,1H3,(H,19,20)/t9-,12-,13+,15+,16-/m0/s1. The van der Waals surface area contributed by atoms with Crippen LogP contribution in [0.15, 0.2) is 24.3 Å². The summed E-state index contributed by atoms with van der Waals surface area (Å²) >= 11 is 0. The van der Waals surface area contributed by atoms with Crippen LogP contribution in [0.4, 0.5) is 5.69 Å².